The summed E-state index contributed by atoms with van der Waals surface area (Å²) in [6, 6.07) is 15.4. The van der Waals surface area contributed by atoms with E-state index in [1.54, 1.807) is 0 Å². The molecule has 0 spiro atoms. The summed E-state index contributed by atoms with van der Waals surface area (Å²) in [5.41, 5.74) is 4.20. The van der Waals surface area contributed by atoms with Gasteiger partial charge in [-0.15, -0.1) is 0 Å². The molecule has 0 saturated heterocycles. The normalized spacial score (nSPS) is 10.6. The van der Waals surface area contributed by atoms with Gasteiger partial charge in [0.1, 0.15) is 0 Å². The van der Waals surface area contributed by atoms with Gasteiger partial charge in [-0.25, -0.2) is 0 Å². The molecule has 3 aromatic carbocycles. The van der Waals surface area contributed by atoms with Crippen molar-refractivity contribution in [3.05, 3.63) is 59.2 Å². The zero-order chi connectivity index (χ0) is 12.0. The topological polar surface area (TPSA) is 0 Å². The van der Waals surface area contributed by atoms with Crippen LogP contribution in [-0.4, -0.2) is 18.9 Å². The Morgan fingerprint density at radius 1 is 0.667 bits per heavy atom. The van der Waals surface area contributed by atoms with Crippen molar-refractivity contribution < 1.29 is 0 Å². The van der Waals surface area contributed by atoms with E-state index in [9.17, 15) is 0 Å². The molecule has 0 heterocycles. The molecule has 0 amide bonds. The average molecular weight is 228 g/mol. The van der Waals surface area contributed by atoms with Crippen molar-refractivity contribution in [1.82, 2.24) is 0 Å². The summed E-state index contributed by atoms with van der Waals surface area (Å²) in [7, 11) is 0. The van der Waals surface area contributed by atoms with E-state index < -0.39 is 0 Å². The first-order chi connectivity index (χ1) is 8.18. The summed E-state index contributed by atoms with van der Waals surface area (Å²) >= 11 is 0. The van der Waals surface area contributed by atoms with Gasteiger partial charge >= 0.3 is 18.9 Å². The predicted molar refractivity (Wildman–Crippen MR) is 82.8 cm³/mol. The Bertz CT molecular complexity index is 726. The van der Waals surface area contributed by atoms with Crippen LogP contribution in [0.5, 0.6) is 0 Å². The van der Waals surface area contributed by atoms with E-state index >= 15 is 0 Å². The van der Waals surface area contributed by atoms with E-state index in [0.29, 0.717) is 0 Å². The van der Waals surface area contributed by atoms with Crippen LogP contribution < -0.4 is 0 Å². The fourth-order valence-electron chi connectivity index (χ4n) is 2.60. The maximum absolute atomic E-state index is 2.32. The molecule has 0 aliphatic heterocycles. The van der Waals surface area contributed by atoms with Gasteiger partial charge < -0.3 is 0 Å². The van der Waals surface area contributed by atoms with Crippen molar-refractivity contribution in [3.63, 3.8) is 0 Å². The monoisotopic (exact) mass is 228 g/mol. The minimum absolute atomic E-state index is 0. The van der Waals surface area contributed by atoms with E-state index in [1.807, 2.05) is 0 Å². The zero-order valence-electron chi connectivity index (χ0n) is 10.5. The van der Waals surface area contributed by atoms with Gasteiger partial charge in [0.2, 0.25) is 0 Å². The summed E-state index contributed by atoms with van der Waals surface area (Å²) in [6.45, 7) is 6.63. The number of fused-ring (bicyclic) bond motifs is 3. The number of aryl methyl sites for hydroxylation is 2. The van der Waals surface area contributed by atoms with Crippen LogP contribution in [-0.2, 0) is 0 Å². The molecule has 0 saturated carbocycles. The fraction of sp³-hybridized carbons (Fsp3) is 0.176. The van der Waals surface area contributed by atoms with E-state index in [4.69, 9.17) is 0 Å². The Hall–Kier alpha value is -1.22. The Labute approximate surface area is 120 Å². The van der Waals surface area contributed by atoms with Gasteiger partial charge in [0.15, 0.2) is 0 Å². The third-order valence-electron chi connectivity index (χ3n) is 3.89. The van der Waals surface area contributed by atoms with Crippen LogP contribution in [0.1, 0.15) is 16.7 Å². The molecule has 0 nitrogen and oxygen atoms in total. The second-order valence-electron chi connectivity index (χ2n) is 4.83. The quantitative estimate of drug-likeness (QED) is 0.398. The third-order valence-corrected chi connectivity index (χ3v) is 3.89. The van der Waals surface area contributed by atoms with Crippen molar-refractivity contribution >= 4 is 40.4 Å². The molecule has 3 rings (SSSR count). The summed E-state index contributed by atoms with van der Waals surface area (Å²) in [4.78, 5) is 0. The molecular formula is C17H17Li. The molecular weight excluding hydrogens is 211 g/mol. The first-order valence-electron chi connectivity index (χ1n) is 6.07. The average Bonchev–Trinajstić information content (AvgIpc) is 2.36. The first-order valence-corrected chi connectivity index (χ1v) is 6.07. The van der Waals surface area contributed by atoms with Crippen LogP contribution in [0, 0.1) is 20.8 Å². The molecule has 3 aromatic rings. The Kier molecular flexibility index (Phi) is 3.53. The van der Waals surface area contributed by atoms with Crippen molar-refractivity contribution in [2.75, 3.05) is 0 Å². The van der Waals surface area contributed by atoms with Gasteiger partial charge in [0, 0.05) is 0 Å². The molecule has 0 N–H and O–H groups in total. The Balaban J connectivity index is 0.00000120. The number of rotatable bonds is 0. The fourth-order valence-corrected chi connectivity index (χ4v) is 2.60. The van der Waals surface area contributed by atoms with Crippen molar-refractivity contribution in [3.8, 4) is 0 Å². The summed E-state index contributed by atoms with van der Waals surface area (Å²) in [6.07, 6.45) is 0. The molecule has 18 heavy (non-hydrogen) atoms. The van der Waals surface area contributed by atoms with E-state index in [1.165, 1.54) is 38.2 Å². The van der Waals surface area contributed by atoms with E-state index in [0.717, 1.165) is 0 Å². The van der Waals surface area contributed by atoms with Crippen molar-refractivity contribution in [2.24, 2.45) is 0 Å². The van der Waals surface area contributed by atoms with Crippen molar-refractivity contribution in [1.29, 1.82) is 0 Å². The molecule has 0 aromatic heterocycles. The molecule has 0 radical (unpaired) electrons. The van der Waals surface area contributed by atoms with Crippen LogP contribution in [0.25, 0.3) is 21.5 Å². The van der Waals surface area contributed by atoms with Gasteiger partial charge in [0.25, 0.3) is 0 Å². The third kappa shape index (κ3) is 1.87. The SMILES string of the molecule is Cc1cc2c(ccc3ccccc32)c(C)c1C.[LiH]. The standard InChI is InChI=1S/C17H16.Li.H/c1-11-10-17-15(13(3)12(11)2)9-8-14-6-4-5-7-16(14)17;;/h4-10H,1-3H3;;. The van der Waals surface area contributed by atoms with Gasteiger partial charge in [-0.05, 0) is 59.0 Å². The summed E-state index contributed by atoms with van der Waals surface area (Å²) in [5, 5.41) is 5.44. The van der Waals surface area contributed by atoms with Gasteiger partial charge in [-0.1, -0.05) is 42.5 Å². The molecule has 0 atom stereocenters. The predicted octanol–water partition coefficient (Wildman–Crippen LogP) is 4.27. The molecule has 86 valence electrons. The summed E-state index contributed by atoms with van der Waals surface area (Å²) in [5.74, 6) is 0. The first kappa shape index (κ1) is 13.2. The Morgan fingerprint density at radius 2 is 1.39 bits per heavy atom. The van der Waals surface area contributed by atoms with Crippen LogP contribution in [0.4, 0.5) is 0 Å². The van der Waals surface area contributed by atoms with Crippen LogP contribution >= 0.6 is 0 Å². The maximum atomic E-state index is 2.32. The number of benzene rings is 3. The summed E-state index contributed by atoms with van der Waals surface area (Å²) < 4.78 is 0. The van der Waals surface area contributed by atoms with Crippen LogP contribution in [0.15, 0.2) is 42.5 Å². The van der Waals surface area contributed by atoms with Gasteiger partial charge in [-0.2, -0.15) is 0 Å². The van der Waals surface area contributed by atoms with Gasteiger partial charge in [-0.3, -0.25) is 0 Å². The molecule has 0 aliphatic carbocycles. The zero-order valence-corrected chi connectivity index (χ0v) is 10.5. The number of hydrogen-bond donors (Lipinski definition) is 0. The minimum atomic E-state index is 0. The molecule has 0 aliphatic rings. The van der Waals surface area contributed by atoms with Crippen LogP contribution in [0.2, 0.25) is 0 Å². The molecule has 0 unspecified atom stereocenters. The Morgan fingerprint density at radius 3 is 2.17 bits per heavy atom. The second kappa shape index (κ2) is 4.81. The van der Waals surface area contributed by atoms with Gasteiger partial charge in [0.05, 0.1) is 0 Å². The molecule has 0 fully saturated rings. The molecule has 0 bridgehead atoms. The van der Waals surface area contributed by atoms with E-state index in [2.05, 4.69) is 63.2 Å². The van der Waals surface area contributed by atoms with E-state index in [-0.39, 0.29) is 18.9 Å². The number of hydrogen-bond acceptors (Lipinski definition) is 0. The second-order valence-corrected chi connectivity index (χ2v) is 4.83. The van der Waals surface area contributed by atoms with Crippen molar-refractivity contribution in [2.45, 2.75) is 20.8 Å². The molecule has 1 heteroatoms. The van der Waals surface area contributed by atoms with Crippen LogP contribution in [0.3, 0.4) is 0 Å².